The van der Waals surface area contributed by atoms with E-state index in [-0.39, 0.29) is 11.8 Å². The van der Waals surface area contributed by atoms with Gasteiger partial charge in [-0.15, -0.1) is 0 Å². The summed E-state index contributed by atoms with van der Waals surface area (Å²) in [6, 6.07) is 8.64. The number of nitrogens with zero attached hydrogens (tertiary/aromatic N) is 1. The molecule has 154 valence electrons. The first-order chi connectivity index (χ1) is 13.6. The monoisotopic (exact) mass is 384 g/mol. The van der Waals surface area contributed by atoms with Crippen molar-refractivity contribution in [3.05, 3.63) is 41.6 Å². The molecule has 2 aliphatic heterocycles. The smallest absolute Gasteiger partial charge is 0.231 e. The van der Waals surface area contributed by atoms with Crippen molar-refractivity contribution >= 4 is 11.6 Å². The van der Waals surface area contributed by atoms with Crippen molar-refractivity contribution in [1.82, 2.24) is 5.32 Å². The molecule has 1 atom stereocenters. The van der Waals surface area contributed by atoms with E-state index in [9.17, 15) is 4.79 Å². The third kappa shape index (κ3) is 5.16. The summed E-state index contributed by atoms with van der Waals surface area (Å²) in [5, 5.41) is 3.07. The number of amides is 1. The largest absolute Gasteiger partial charge is 0.375 e. The Bertz CT molecular complexity index is 656. The first kappa shape index (κ1) is 20.9. The Labute approximate surface area is 170 Å². The molecular weight excluding hydrogens is 348 g/mol. The zero-order valence-electron chi connectivity index (χ0n) is 17.7. The number of hydrogen-bond donors (Lipinski definition) is 1. The number of allylic oxidation sites excluding steroid dienone is 2. The van der Waals surface area contributed by atoms with Gasteiger partial charge in [-0.05, 0) is 62.6 Å². The maximum Gasteiger partial charge on any atom is 0.231 e. The fourth-order valence-corrected chi connectivity index (χ4v) is 4.38. The topological polar surface area (TPSA) is 41.6 Å². The third-order valence-corrected chi connectivity index (χ3v) is 6.15. The molecular formula is C24H36N2O2. The minimum absolute atomic E-state index is 0.0257. The van der Waals surface area contributed by atoms with E-state index in [0.717, 1.165) is 69.3 Å². The molecule has 1 aromatic carbocycles. The first-order valence-corrected chi connectivity index (χ1v) is 11.1. The van der Waals surface area contributed by atoms with Crippen molar-refractivity contribution in [2.75, 3.05) is 18.0 Å². The van der Waals surface area contributed by atoms with Gasteiger partial charge in [0.2, 0.25) is 5.91 Å². The molecule has 3 rings (SSSR count). The van der Waals surface area contributed by atoms with E-state index in [1.165, 1.54) is 5.69 Å². The highest BCUT2D eigenvalue weighted by molar-refractivity contribution is 5.86. The molecule has 2 aliphatic rings. The Kier molecular flexibility index (Phi) is 7.55. The average Bonchev–Trinajstić information content (AvgIpc) is 2.73. The number of benzene rings is 1. The van der Waals surface area contributed by atoms with Gasteiger partial charge >= 0.3 is 0 Å². The van der Waals surface area contributed by atoms with Crippen LogP contribution >= 0.6 is 0 Å². The van der Waals surface area contributed by atoms with Gasteiger partial charge in [0.25, 0.3) is 0 Å². The molecule has 1 N–H and O–H groups in total. The van der Waals surface area contributed by atoms with Gasteiger partial charge in [-0.25, -0.2) is 0 Å². The van der Waals surface area contributed by atoms with Crippen LogP contribution in [0.15, 0.2) is 36.0 Å². The highest BCUT2D eigenvalue weighted by Crippen LogP contribution is 2.30. The number of nitrogens with one attached hydrogen (secondary N) is 1. The van der Waals surface area contributed by atoms with Crippen LogP contribution in [0.5, 0.6) is 0 Å². The molecule has 4 heteroatoms. The summed E-state index contributed by atoms with van der Waals surface area (Å²) in [5.74, 6) is 0.111. The quantitative estimate of drug-likeness (QED) is 0.707. The highest BCUT2D eigenvalue weighted by Gasteiger charge is 2.26. The summed E-state index contributed by atoms with van der Waals surface area (Å²) in [5.41, 5.74) is 3.47. The Balaban J connectivity index is 1.54. The molecule has 0 radical (unpaired) electrons. The van der Waals surface area contributed by atoms with Crippen LogP contribution < -0.4 is 10.2 Å². The van der Waals surface area contributed by atoms with Crippen LogP contribution in [-0.4, -0.2) is 31.2 Å². The van der Waals surface area contributed by atoms with E-state index in [4.69, 9.17) is 4.74 Å². The second-order valence-electron chi connectivity index (χ2n) is 8.07. The SMILES string of the molecule is CC/C=C1\CCC(c2ccc(N3CCC(OC(CC)CC)CC3)cc2)C(=O)N1. The van der Waals surface area contributed by atoms with Gasteiger partial charge in [-0.1, -0.05) is 39.0 Å². The van der Waals surface area contributed by atoms with Gasteiger partial charge in [0.05, 0.1) is 18.1 Å². The standard InChI is InChI=1S/C24H36N2O2/c1-4-7-19-10-13-23(24(27)25-19)18-8-11-20(12-9-18)26-16-14-22(15-17-26)28-21(5-2)6-3/h7-9,11-12,21-23H,4-6,10,13-17H2,1-3H3,(H,25,27)/b19-7+. The van der Waals surface area contributed by atoms with Crippen molar-refractivity contribution in [2.24, 2.45) is 0 Å². The van der Waals surface area contributed by atoms with Crippen molar-refractivity contribution in [3.8, 4) is 0 Å². The molecule has 0 aromatic heterocycles. The van der Waals surface area contributed by atoms with Crippen molar-refractivity contribution in [3.63, 3.8) is 0 Å². The Hall–Kier alpha value is -1.81. The van der Waals surface area contributed by atoms with Crippen LogP contribution in [-0.2, 0) is 9.53 Å². The lowest BCUT2D eigenvalue weighted by Crippen LogP contribution is -2.38. The molecule has 1 amide bonds. The molecule has 1 unspecified atom stereocenters. The van der Waals surface area contributed by atoms with Gasteiger partial charge in [-0.3, -0.25) is 4.79 Å². The fraction of sp³-hybridized carbons (Fsp3) is 0.625. The van der Waals surface area contributed by atoms with Gasteiger partial charge in [-0.2, -0.15) is 0 Å². The van der Waals surface area contributed by atoms with Crippen LogP contribution in [0.25, 0.3) is 0 Å². The van der Waals surface area contributed by atoms with Crippen LogP contribution in [0.2, 0.25) is 0 Å². The lowest BCUT2D eigenvalue weighted by Gasteiger charge is -2.35. The number of carbonyl (C=O) groups excluding carboxylic acids is 1. The summed E-state index contributed by atoms with van der Waals surface area (Å²) in [6.45, 7) is 8.60. The van der Waals surface area contributed by atoms with Crippen molar-refractivity contribution in [1.29, 1.82) is 0 Å². The summed E-state index contributed by atoms with van der Waals surface area (Å²) < 4.78 is 6.23. The van der Waals surface area contributed by atoms with Gasteiger partial charge < -0.3 is 15.0 Å². The summed E-state index contributed by atoms with van der Waals surface area (Å²) >= 11 is 0. The minimum atomic E-state index is -0.0257. The van der Waals surface area contributed by atoms with Crippen LogP contribution in [0.4, 0.5) is 5.69 Å². The summed E-state index contributed by atoms with van der Waals surface area (Å²) in [6.07, 6.45) is 10.1. The third-order valence-electron chi connectivity index (χ3n) is 6.15. The Morgan fingerprint density at radius 2 is 1.79 bits per heavy atom. The number of hydrogen-bond acceptors (Lipinski definition) is 3. The highest BCUT2D eigenvalue weighted by atomic mass is 16.5. The maximum absolute atomic E-state index is 12.5. The molecule has 0 saturated carbocycles. The van der Waals surface area contributed by atoms with Crippen LogP contribution in [0.3, 0.4) is 0 Å². The van der Waals surface area contributed by atoms with E-state index in [1.807, 2.05) is 0 Å². The fourth-order valence-electron chi connectivity index (χ4n) is 4.38. The maximum atomic E-state index is 12.5. The van der Waals surface area contributed by atoms with E-state index >= 15 is 0 Å². The molecule has 0 bridgehead atoms. The minimum Gasteiger partial charge on any atom is -0.375 e. The van der Waals surface area contributed by atoms with Crippen LogP contribution in [0, 0.1) is 0 Å². The predicted octanol–water partition coefficient (Wildman–Crippen LogP) is 5.15. The second kappa shape index (κ2) is 10.1. The zero-order chi connectivity index (χ0) is 19.9. The van der Waals surface area contributed by atoms with Gasteiger partial charge in [0.15, 0.2) is 0 Å². The van der Waals surface area contributed by atoms with E-state index in [0.29, 0.717) is 12.2 Å². The Morgan fingerprint density at radius 3 is 2.36 bits per heavy atom. The van der Waals surface area contributed by atoms with E-state index < -0.39 is 0 Å². The zero-order valence-corrected chi connectivity index (χ0v) is 17.7. The van der Waals surface area contributed by atoms with Crippen molar-refractivity contribution < 1.29 is 9.53 Å². The van der Waals surface area contributed by atoms with Crippen molar-refractivity contribution in [2.45, 2.75) is 83.8 Å². The van der Waals surface area contributed by atoms with Crippen LogP contribution in [0.1, 0.15) is 77.2 Å². The Morgan fingerprint density at radius 1 is 1.11 bits per heavy atom. The average molecular weight is 385 g/mol. The van der Waals surface area contributed by atoms with Gasteiger partial charge in [0, 0.05) is 24.5 Å². The normalized spacial score (nSPS) is 22.7. The predicted molar refractivity (Wildman–Crippen MR) is 116 cm³/mol. The number of anilines is 1. The number of piperidine rings is 2. The molecule has 1 aromatic rings. The van der Waals surface area contributed by atoms with Gasteiger partial charge in [0.1, 0.15) is 0 Å². The summed E-state index contributed by atoms with van der Waals surface area (Å²) in [4.78, 5) is 14.9. The summed E-state index contributed by atoms with van der Waals surface area (Å²) in [7, 11) is 0. The van der Waals surface area contributed by atoms with E-state index in [1.54, 1.807) is 0 Å². The molecule has 0 aliphatic carbocycles. The molecule has 0 spiro atoms. The molecule has 4 nitrogen and oxygen atoms in total. The first-order valence-electron chi connectivity index (χ1n) is 11.1. The number of ether oxygens (including phenoxy) is 1. The lowest BCUT2D eigenvalue weighted by molar-refractivity contribution is -0.122. The molecule has 2 heterocycles. The molecule has 28 heavy (non-hydrogen) atoms. The number of carbonyl (C=O) groups is 1. The second-order valence-corrected chi connectivity index (χ2v) is 8.07. The lowest BCUT2D eigenvalue weighted by atomic mass is 9.89. The number of rotatable bonds is 7. The van der Waals surface area contributed by atoms with E-state index in [2.05, 4.69) is 61.3 Å². The molecule has 2 fully saturated rings. The molecule has 2 saturated heterocycles.